The number of nitrogens with zero attached hydrogens (tertiary/aromatic N) is 1. The molecule has 3 aromatic carbocycles. The molecule has 1 atom stereocenters. The second kappa shape index (κ2) is 15.8. The van der Waals surface area contributed by atoms with Crippen molar-refractivity contribution in [1.29, 1.82) is 0 Å². The van der Waals surface area contributed by atoms with E-state index < -0.39 is 11.0 Å². The minimum Gasteiger partial charge on any atom is -0.493 e. The Morgan fingerprint density at radius 3 is 2.10 bits per heavy atom. The Morgan fingerprint density at radius 1 is 0.804 bits per heavy atom. The van der Waals surface area contributed by atoms with Crippen molar-refractivity contribution < 1.29 is 33.3 Å². The van der Waals surface area contributed by atoms with E-state index in [2.05, 4.69) is 17.4 Å². The first-order chi connectivity index (χ1) is 24.1. The van der Waals surface area contributed by atoms with Crippen LogP contribution in [0.3, 0.4) is 0 Å². The summed E-state index contributed by atoms with van der Waals surface area (Å²) >= 11 is 0. The number of carbonyl (C=O) groups excluding carboxylic acids is 3. The van der Waals surface area contributed by atoms with Crippen molar-refractivity contribution in [3.8, 4) is 17.2 Å². The summed E-state index contributed by atoms with van der Waals surface area (Å²) < 4.78 is 22.5. The Labute approximate surface area is 303 Å². The van der Waals surface area contributed by atoms with Crippen LogP contribution in [0, 0.1) is 5.41 Å². The largest absolute Gasteiger partial charge is 0.493 e. The number of aryl methyl sites for hydroxylation is 1. The van der Waals surface area contributed by atoms with Gasteiger partial charge in [0.1, 0.15) is 11.4 Å². The molecule has 5 rings (SSSR count). The van der Waals surface area contributed by atoms with Crippen LogP contribution in [-0.4, -0.2) is 62.3 Å². The smallest absolute Gasteiger partial charge is 0.410 e. The molecule has 0 aromatic heterocycles. The predicted molar refractivity (Wildman–Crippen MR) is 198 cm³/mol. The fourth-order valence-corrected chi connectivity index (χ4v) is 6.90. The zero-order valence-corrected chi connectivity index (χ0v) is 31.5. The molecule has 9 nitrogen and oxygen atoms in total. The molecule has 274 valence electrons. The summed E-state index contributed by atoms with van der Waals surface area (Å²) in [6.07, 6.45) is 4.76. The van der Waals surface area contributed by atoms with Crippen LogP contribution in [-0.2, 0) is 28.8 Å². The van der Waals surface area contributed by atoms with Crippen molar-refractivity contribution in [2.75, 3.05) is 33.9 Å². The zero-order chi connectivity index (χ0) is 36.9. The number of ether oxygens (including phenoxy) is 4. The van der Waals surface area contributed by atoms with Crippen molar-refractivity contribution >= 4 is 18.0 Å². The highest BCUT2D eigenvalue weighted by Gasteiger charge is 2.29. The molecule has 1 aliphatic heterocycles. The lowest BCUT2D eigenvalue weighted by atomic mass is 9.78. The summed E-state index contributed by atoms with van der Waals surface area (Å²) in [7, 11) is 3.29. The molecule has 1 heterocycles. The van der Waals surface area contributed by atoms with Gasteiger partial charge in [0, 0.05) is 25.2 Å². The van der Waals surface area contributed by atoms with Crippen molar-refractivity contribution in [1.82, 2.24) is 10.2 Å². The lowest BCUT2D eigenvalue weighted by Crippen LogP contribution is -2.41. The van der Waals surface area contributed by atoms with Gasteiger partial charge in [0.15, 0.2) is 11.5 Å². The molecular formula is C42H54N2O7. The maximum Gasteiger partial charge on any atom is 0.410 e. The van der Waals surface area contributed by atoms with Crippen LogP contribution in [0.1, 0.15) is 111 Å². The van der Waals surface area contributed by atoms with E-state index in [-0.39, 0.29) is 23.9 Å². The molecule has 0 spiro atoms. The summed E-state index contributed by atoms with van der Waals surface area (Å²) in [5, 5.41) is 3.12. The molecule has 1 saturated heterocycles. The Bertz CT molecular complexity index is 1710. The first-order valence-corrected chi connectivity index (χ1v) is 18.1. The van der Waals surface area contributed by atoms with Crippen LogP contribution in [0.15, 0.2) is 54.6 Å². The van der Waals surface area contributed by atoms with Gasteiger partial charge < -0.3 is 29.2 Å². The summed E-state index contributed by atoms with van der Waals surface area (Å²) in [6.45, 7) is 13.0. The van der Waals surface area contributed by atoms with Gasteiger partial charge in [-0.25, -0.2) is 4.79 Å². The van der Waals surface area contributed by atoms with Crippen molar-refractivity contribution in [2.45, 2.75) is 97.5 Å². The second-order valence-corrected chi connectivity index (χ2v) is 15.8. The highest BCUT2D eigenvalue weighted by molar-refractivity contribution is 5.94. The van der Waals surface area contributed by atoms with Gasteiger partial charge in [-0.15, -0.1) is 0 Å². The van der Waals surface area contributed by atoms with Crippen molar-refractivity contribution in [3.63, 3.8) is 0 Å². The van der Waals surface area contributed by atoms with E-state index in [0.717, 1.165) is 37.7 Å². The van der Waals surface area contributed by atoms with E-state index in [1.165, 1.54) is 22.3 Å². The molecule has 0 saturated carbocycles. The fraction of sp³-hybridized carbons (Fsp3) is 0.500. The first kappa shape index (κ1) is 37.7. The molecule has 3 aromatic rings. The molecule has 9 heteroatoms. The number of hydrogen-bond donors (Lipinski definition) is 1. The SMILES string of the molecule is COc1cc(CCNC(=O)c2ccc(C3CCN(C(=O)OC(C)(C)C)CC3)cc2)c([C@@H]2CCc3cc(OC(=O)C(C)(C)C)ccc3C2)cc1OC. The molecule has 2 amide bonds. The van der Waals surface area contributed by atoms with Crippen LogP contribution < -0.4 is 19.5 Å². The Morgan fingerprint density at radius 2 is 1.47 bits per heavy atom. The van der Waals surface area contributed by atoms with Gasteiger partial charge in [-0.2, -0.15) is 0 Å². The van der Waals surface area contributed by atoms with E-state index in [1.54, 1.807) is 19.1 Å². The topological polar surface area (TPSA) is 103 Å². The number of amides is 2. The molecular weight excluding hydrogens is 644 g/mol. The van der Waals surface area contributed by atoms with Crippen molar-refractivity contribution in [3.05, 3.63) is 88.0 Å². The van der Waals surface area contributed by atoms with Gasteiger partial charge >= 0.3 is 12.1 Å². The van der Waals surface area contributed by atoms with E-state index in [0.29, 0.717) is 54.8 Å². The normalized spacial score (nSPS) is 16.5. The molecule has 1 fully saturated rings. The summed E-state index contributed by atoms with van der Waals surface area (Å²) in [5.74, 6) is 2.17. The average Bonchev–Trinajstić information content (AvgIpc) is 3.10. The quantitative estimate of drug-likeness (QED) is 0.178. The molecule has 0 radical (unpaired) electrons. The Kier molecular flexibility index (Phi) is 11.7. The monoisotopic (exact) mass is 698 g/mol. The number of esters is 1. The number of methoxy groups -OCH3 is 2. The number of hydrogen-bond acceptors (Lipinski definition) is 7. The standard InChI is InChI=1S/C42H54N2O7/c1-41(2,3)39(46)50-34-16-15-30-23-32(14-13-31(30)24-34)35-26-37(49-8)36(48-7)25-33(35)17-20-43-38(45)29-11-9-27(10-12-29)28-18-21-44(22-19-28)40(47)51-42(4,5)6/h9-12,15-16,24-26,28,32H,13-14,17-23H2,1-8H3,(H,43,45)/t32-/m1/s1. The minimum atomic E-state index is -0.570. The Hall–Kier alpha value is -4.53. The highest BCUT2D eigenvalue weighted by atomic mass is 16.6. The lowest BCUT2D eigenvalue weighted by Gasteiger charge is -2.33. The summed E-state index contributed by atoms with van der Waals surface area (Å²) in [5.41, 5.74) is 5.48. The average molecular weight is 699 g/mol. The highest BCUT2D eigenvalue weighted by Crippen LogP contribution is 2.40. The molecule has 1 N–H and O–H groups in total. The van der Waals surface area contributed by atoms with Crippen LogP contribution in [0.2, 0.25) is 0 Å². The molecule has 1 aliphatic carbocycles. The van der Waals surface area contributed by atoms with Gasteiger partial charge in [-0.1, -0.05) is 18.2 Å². The molecule has 0 bridgehead atoms. The molecule has 51 heavy (non-hydrogen) atoms. The fourth-order valence-electron chi connectivity index (χ4n) is 6.90. The number of benzene rings is 3. The first-order valence-electron chi connectivity index (χ1n) is 18.1. The van der Waals surface area contributed by atoms with Crippen molar-refractivity contribution in [2.24, 2.45) is 5.41 Å². The van der Waals surface area contributed by atoms with Crippen LogP contribution in [0.25, 0.3) is 0 Å². The third-order valence-corrected chi connectivity index (χ3v) is 9.79. The number of nitrogens with one attached hydrogen (secondary N) is 1. The van der Waals surface area contributed by atoms with Crippen LogP contribution in [0.4, 0.5) is 4.79 Å². The second-order valence-electron chi connectivity index (χ2n) is 15.8. The Balaban J connectivity index is 1.20. The summed E-state index contributed by atoms with van der Waals surface area (Å²) in [4.78, 5) is 39.9. The van der Waals surface area contributed by atoms with Gasteiger partial charge in [-0.05, 0) is 156 Å². The number of likely N-dealkylation sites (tertiary alicyclic amines) is 1. The van der Waals surface area contributed by atoms with E-state index in [4.69, 9.17) is 18.9 Å². The number of piperidine rings is 1. The zero-order valence-electron chi connectivity index (χ0n) is 31.5. The van der Waals surface area contributed by atoms with Crippen LogP contribution >= 0.6 is 0 Å². The third-order valence-electron chi connectivity index (χ3n) is 9.79. The number of carbonyl (C=O) groups is 3. The molecule has 2 aliphatic rings. The molecule has 0 unspecified atom stereocenters. The van der Waals surface area contributed by atoms with Gasteiger partial charge in [-0.3, -0.25) is 9.59 Å². The van der Waals surface area contributed by atoms with E-state index >= 15 is 0 Å². The van der Waals surface area contributed by atoms with E-state index in [9.17, 15) is 14.4 Å². The predicted octanol–water partition coefficient (Wildman–Crippen LogP) is 8.01. The van der Waals surface area contributed by atoms with Gasteiger partial charge in [0.2, 0.25) is 0 Å². The lowest BCUT2D eigenvalue weighted by molar-refractivity contribution is -0.143. The van der Waals surface area contributed by atoms with Gasteiger partial charge in [0.05, 0.1) is 19.6 Å². The third kappa shape index (κ3) is 9.63. The maximum absolute atomic E-state index is 13.2. The van der Waals surface area contributed by atoms with Gasteiger partial charge in [0.25, 0.3) is 5.91 Å². The van der Waals surface area contributed by atoms with Crippen LogP contribution in [0.5, 0.6) is 17.2 Å². The maximum atomic E-state index is 13.2. The number of rotatable bonds is 9. The minimum absolute atomic E-state index is 0.113. The summed E-state index contributed by atoms with van der Waals surface area (Å²) in [6, 6.07) is 17.9. The number of fused-ring (bicyclic) bond motifs is 1. The van der Waals surface area contributed by atoms with E-state index in [1.807, 2.05) is 84.0 Å².